The molecule has 0 N–H and O–H groups in total. The average Bonchev–Trinajstić information content (AvgIpc) is 2.82. The lowest BCUT2D eigenvalue weighted by molar-refractivity contribution is 0.152. The minimum atomic E-state index is -0.971. The lowest BCUT2D eigenvalue weighted by atomic mass is 9.69. The first-order chi connectivity index (χ1) is 15.6. The van der Waals surface area contributed by atoms with Crippen LogP contribution in [0.1, 0.15) is 90.9 Å². The maximum Gasteiger partial charge on any atom is 0.204 e. The van der Waals surface area contributed by atoms with Crippen molar-refractivity contribution in [2.75, 3.05) is 13.2 Å². The molecule has 0 aliphatic heterocycles. The van der Waals surface area contributed by atoms with Gasteiger partial charge in [-0.1, -0.05) is 58.1 Å². The summed E-state index contributed by atoms with van der Waals surface area (Å²) in [7, 11) is 0. The predicted molar refractivity (Wildman–Crippen MR) is 127 cm³/mol. The van der Waals surface area contributed by atoms with E-state index in [4.69, 9.17) is 9.47 Å². The van der Waals surface area contributed by atoms with Gasteiger partial charge >= 0.3 is 0 Å². The molecule has 32 heavy (non-hydrogen) atoms. The first kappa shape index (κ1) is 25.1. The van der Waals surface area contributed by atoms with E-state index in [1.165, 1.54) is 76.3 Å². The van der Waals surface area contributed by atoms with E-state index in [-0.39, 0.29) is 18.1 Å². The molecule has 0 unspecified atom stereocenters. The molecule has 0 saturated heterocycles. The van der Waals surface area contributed by atoms with Crippen LogP contribution in [0.15, 0.2) is 24.3 Å². The molecule has 0 bridgehead atoms. The molecule has 0 aromatic heterocycles. The Balaban J connectivity index is 1.37. The van der Waals surface area contributed by atoms with Gasteiger partial charge in [-0.3, -0.25) is 0 Å². The van der Waals surface area contributed by atoms with Gasteiger partial charge in [0.1, 0.15) is 6.61 Å². The highest BCUT2D eigenvalue weighted by Gasteiger charge is 2.30. The van der Waals surface area contributed by atoms with E-state index in [1.54, 1.807) is 0 Å². The Bertz CT molecular complexity index is 702. The molecule has 2 nitrogen and oxygen atoms in total. The van der Waals surface area contributed by atoms with Gasteiger partial charge in [0.05, 0.1) is 6.61 Å². The Kier molecular flexibility index (Phi) is 10.3. The molecule has 2 aliphatic rings. The quantitative estimate of drug-likeness (QED) is 0.249. The normalized spacial score (nSPS) is 26.4. The summed E-state index contributed by atoms with van der Waals surface area (Å²) in [5.74, 6) is 1.38. The summed E-state index contributed by atoms with van der Waals surface area (Å²) < 4.78 is 39.2. The topological polar surface area (TPSA) is 18.5 Å². The molecule has 0 heterocycles. The number of rotatable bonds is 11. The number of ether oxygens (including phenoxy) is 2. The van der Waals surface area contributed by atoms with Crippen LogP contribution in [-0.4, -0.2) is 13.2 Å². The molecule has 1 aromatic carbocycles. The second-order valence-corrected chi connectivity index (χ2v) is 9.88. The minimum absolute atomic E-state index is 0.0468. The largest absolute Gasteiger partial charge is 0.490 e. The molecule has 0 amide bonds. The molecule has 4 heteroatoms. The molecule has 0 atom stereocenters. The number of hydrogen-bond acceptors (Lipinski definition) is 2. The van der Waals surface area contributed by atoms with Crippen LogP contribution < -0.4 is 9.47 Å². The number of unbranched alkanes of at least 4 members (excludes halogenated alkanes) is 1. The molecule has 2 saturated carbocycles. The van der Waals surface area contributed by atoms with Gasteiger partial charge in [-0.2, -0.15) is 8.78 Å². The summed E-state index contributed by atoms with van der Waals surface area (Å²) >= 11 is 0. The van der Waals surface area contributed by atoms with Crippen LogP contribution in [0.5, 0.6) is 11.5 Å². The highest BCUT2D eigenvalue weighted by molar-refractivity contribution is 5.35. The zero-order valence-corrected chi connectivity index (χ0v) is 20.1. The predicted octanol–water partition coefficient (Wildman–Crippen LogP) is 8.49. The van der Waals surface area contributed by atoms with Crippen molar-refractivity contribution in [3.8, 4) is 11.5 Å². The lowest BCUT2D eigenvalue weighted by Gasteiger charge is -2.37. The van der Waals surface area contributed by atoms with Crippen LogP contribution >= 0.6 is 0 Å². The van der Waals surface area contributed by atoms with Crippen LogP contribution in [0.25, 0.3) is 0 Å². The van der Waals surface area contributed by atoms with E-state index >= 15 is 0 Å². The van der Waals surface area contributed by atoms with Gasteiger partial charge in [0.25, 0.3) is 0 Å². The second-order valence-electron chi connectivity index (χ2n) is 9.88. The Morgan fingerprint density at radius 3 is 2.00 bits per heavy atom. The van der Waals surface area contributed by atoms with Crippen LogP contribution in [0, 0.1) is 35.3 Å². The molecular formula is C28H42F2O2. The summed E-state index contributed by atoms with van der Waals surface area (Å²) in [4.78, 5) is 0. The summed E-state index contributed by atoms with van der Waals surface area (Å²) in [5.41, 5.74) is 0. The van der Waals surface area contributed by atoms with Crippen molar-refractivity contribution >= 4 is 0 Å². The maximum absolute atomic E-state index is 14.2. The highest BCUT2D eigenvalue weighted by atomic mass is 19.2. The van der Waals surface area contributed by atoms with E-state index < -0.39 is 11.6 Å². The van der Waals surface area contributed by atoms with Gasteiger partial charge in [-0.05, 0) is 80.8 Å². The molecule has 0 radical (unpaired) electrons. The van der Waals surface area contributed by atoms with Gasteiger partial charge in [0, 0.05) is 0 Å². The summed E-state index contributed by atoms with van der Waals surface area (Å²) in [6.45, 7) is 4.97. The van der Waals surface area contributed by atoms with Crippen molar-refractivity contribution in [2.45, 2.75) is 90.9 Å². The van der Waals surface area contributed by atoms with E-state index in [2.05, 4.69) is 13.0 Å². The monoisotopic (exact) mass is 448 g/mol. The smallest absolute Gasteiger partial charge is 0.204 e. The summed E-state index contributed by atoms with van der Waals surface area (Å²) in [6.07, 6.45) is 19.6. The molecule has 180 valence electrons. The van der Waals surface area contributed by atoms with Crippen molar-refractivity contribution in [3.63, 3.8) is 0 Å². The third-order valence-corrected chi connectivity index (χ3v) is 7.58. The second kappa shape index (κ2) is 13.2. The lowest BCUT2D eigenvalue weighted by Crippen LogP contribution is -2.25. The highest BCUT2D eigenvalue weighted by Crippen LogP contribution is 2.42. The molecule has 3 rings (SSSR count). The number of hydrogen-bond donors (Lipinski definition) is 0. The van der Waals surface area contributed by atoms with Gasteiger partial charge in [-0.15, -0.1) is 0 Å². The maximum atomic E-state index is 14.2. The standard InChI is InChI=1S/C28H42F2O2/c1-3-5-19-31-25-17-18-26(28(30)27(25)29)32-20-6-8-22-11-15-24(16-12-22)23-13-9-21(7-4-2)10-14-23/h6,8,17-18,21-24H,3-5,7,9-16,19-20H2,1-2H3. The van der Waals surface area contributed by atoms with Crippen LogP contribution in [0.2, 0.25) is 0 Å². The van der Waals surface area contributed by atoms with Crippen molar-refractivity contribution in [3.05, 3.63) is 35.9 Å². The fraction of sp³-hybridized carbons (Fsp3) is 0.714. The van der Waals surface area contributed by atoms with Crippen molar-refractivity contribution in [1.82, 2.24) is 0 Å². The molecular weight excluding hydrogens is 406 g/mol. The third kappa shape index (κ3) is 7.22. The van der Waals surface area contributed by atoms with Crippen molar-refractivity contribution < 1.29 is 18.3 Å². The molecule has 2 fully saturated rings. The van der Waals surface area contributed by atoms with Crippen LogP contribution in [0.4, 0.5) is 8.78 Å². The van der Waals surface area contributed by atoms with Gasteiger partial charge < -0.3 is 9.47 Å². The fourth-order valence-electron chi connectivity index (χ4n) is 5.61. The Labute approximate surface area is 193 Å². The van der Waals surface area contributed by atoms with Crippen molar-refractivity contribution in [1.29, 1.82) is 0 Å². The zero-order valence-electron chi connectivity index (χ0n) is 20.1. The van der Waals surface area contributed by atoms with E-state index in [0.717, 1.165) is 30.6 Å². The minimum Gasteiger partial charge on any atom is -0.490 e. The first-order valence-corrected chi connectivity index (χ1v) is 13.0. The summed E-state index contributed by atoms with van der Waals surface area (Å²) in [6, 6.07) is 2.90. The number of benzene rings is 1. The molecule has 0 spiro atoms. The Hall–Kier alpha value is -1.58. The average molecular weight is 449 g/mol. The third-order valence-electron chi connectivity index (χ3n) is 7.58. The zero-order chi connectivity index (χ0) is 22.8. The number of halogens is 2. The SMILES string of the molecule is CCCCOc1ccc(OCC=CC2CCC(C3CCC(CCC)CC3)CC2)c(F)c1F. The van der Waals surface area contributed by atoms with Gasteiger partial charge in [0.15, 0.2) is 11.5 Å². The molecule has 1 aromatic rings. The van der Waals surface area contributed by atoms with E-state index in [1.807, 2.05) is 13.0 Å². The van der Waals surface area contributed by atoms with E-state index in [9.17, 15) is 8.78 Å². The number of allylic oxidation sites excluding steroid dienone is 1. The Morgan fingerprint density at radius 1 is 0.812 bits per heavy atom. The van der Waals surface area contributed by atoms with Gasteiger partial charge in [-0.25, -0.2) is 0 Å². The van der Waals surface area contributed by atoms with Crippen molar-refractivity contribution in [2.24, 2.45) is 23.7 Å². The van der Waals surface area contributed by atoms with Crippen LogP contribution in [-0.2, 0) is 0 Å². The summed E-state index contributed by atoms with van der Waals surface area (Å²) in [5, 5.41) is 0. The van der Waals surface area contributed by atoms with Crippen LogP contribution in [0.3, 0.4) is 0 Å². The Morgan fingerprint density at radius 2 is 1.41 bits per heavy atom. The fourth-order valence-corrected chi connectivity index (χ4v) is 5.61. The first-order valence-electron chi connectivity index (χ1n) is 13.0. The van der Waals surface area contributed by atoms with E-state index in [0.29, 0.717) is 12.5 Å². The van der Waals surface area contributed by atoms with Gasteiger partial charge in [0.2, 0.25) is 11.6 Å². The molecule has 2 aliphatic carbocycles.